The second-order valence-electron chi connectivity index (χ2n) is 8.48. The average Bonchev–Trinajstić information content (AvgIpc) is 2.73. The second kappa shape index (κ2) is 6.79. The lowest BCUT2D eigenvalue weighted by atomic mass is 9.70. The third kappa shape index (κ3) is 4.46. The van der Waals surface area contributed by atoms with E-state index < -0.39 is 0 Å². The SMILES string of the molecule is CCCNCC1(CN2CCC(C)(C)C2)CCC(C)CC1. The Morgan fingerprint density at radius 2 is 1.85 bits per heavy atom. The summed E-state index contributed by atoms with van der Waals surface area (Å²) in [5.74, 6) is 0.948. The van der Waals surface area contributed by atoms with Gasteiger partial charge in [-0.25, -0.2) is 0 Å². The molecule has 0 spiro atoms. The van der Waals surface area contributed by atoms with Crippen molar-refractivity contribution in [2.75, 3.05) is 32.7 Å². The summed E-state index contributed by atoms with van der Waals surface area (Å²) in [6.07, 6.45) is 8.37. The summed E-state index contributed by atoms with van der Waals surface area (Å²) in [5.41, 5.74) is 1.10. The van der Waals surface area contributed by atoms with Crippen LogP contribution in [0.3, 0.4) is 0 Å². The molecule has 0 bridgehead atoms. The van der Waals surface area contributed by atoms with Gasteiger partial charge < -0.3 is 10.2 Å². The van der Waals surface area contributed by atoms with E-state index in [9.17, 15) is 0 Å². The molecule has 2 fully saturated rings. The number of hydrogen-bond donors (Lipinski definition) is 1. The largest absolute Gasteiger partial charge is 0.316 e. The van der Waals surface area contributed by atoms with E-state index in [4.69, 9.17) is 0 Å². The Balaban J connectivity index is 1.92. The van der Waals surface area contributed by atoms with Gasteiger partial charge in [-0.05, 0) is 55.5 Å². The van der Waals surface area contributed by atoms with E-state index >= 15 is 0 Å². The van der Waals surface area contributed by atoms with Gasteiger partial charge in [-0.15, -0.1) is 0 Å². The Labute approximate surface area is 126 Å². The molecule has 0 aromatic heterocycles. The minimum absolute atomic E-state index is 0.542. The third-order valence-corrected chi connectivity index (χ3v) is 5.58. The van der Waals surface area contributed by atoms with Gasteiger partial charge in [-0.2, -0.15) is 0 Å². The Bertz CT molecular complexity index is 290. The van der Waals surface area contributed by atoms with Crippen LogP contribution in [0.5, 0.6) is 0 Å². The van der Waals surface area contributed by atoms with E-state index in [0.29, 0.717) is 10.8 Å². The molecule has 1 aliphatic heterocycles. The fraction of sp³-hybridized carbons (Fsp3) is 1.00. The van der Waals surface area contributed by atoms with Crippen LogP contribution in [0.25, 0.3) is 0 Å². The van der Waals surface area contributed by atoms with Crippen molar-refractivity contribution in [2.24, 2.45) is 16.7 Å². The topological polar surface area (TPSA) is 15.3 Å². The molecule has 1 heterocycles. The quantitative estimate of drug-likeness (QED) is 0.742. The van der Waals surface area contributed by atoms with Crippen molar-refractivity contribution in [1.29, 1.82) is 0 Å². The summed E-state index contributed by atoms with van der Waals surface area (Å²) in [4.78, 5) is 2.75. The fourth-order valence-corrected chi connectivity index (χ4v) is 4.13. The molecule has 0 aromatic rings. The Hall–Kier alpha value is -0.0800. The Morgan fingerprint density at radius 1 is 1.15 bits per heavy atom. The number of nitrogens with zero attached hydrogens (tertiary/aromatic N) is 1. The maximum absolute atomic E-state index is 3.73. The molecule has 0 unspecified atom stereocenters. The molecule has 118 valence electrons. The zero-order valence-electron chi connectivity index (χ0n) is 14.3. The molecule has 2 rings (SSSR count). The standard InChI is InChI=1S/C18H36N2/c1-5-11-19-13-18(8-6-16(2)7-9-18)15-20-12-10-17(3,4)14-20/h16,19H,5-15H2,1-4H3. The minimum Gasteiger partial charge on any atom is -0.316 e. The molecule has 2 heteroatoms. The summed E-state index contributed by atoms with van der Waals surface area (Å²) in [7, 11) is 0. The minimum atomic E-state index is 0.542. The Morgan fingerprint density at radius 3 is 2.40 bits per heavy atom. The van der Waals surface area contributed by atoms with Gasteiger partial charge in [0.25, 0.3) is 0 Å². The van der Waals surface area contributed by atoms with E-state index in [2.05, 4.69) is 37.9 Å². The fourth-order valence-electron chi connectivity index (χ4n) is 4.13. The normalized spacial score (nSPS) is 34.5. The van der Waals surface area contributed by atoms with Gasteiger partial charge in [0.05, 0.1) is 0 Å². The van der Waals surface area contributed by atoms with E-state index in [-0.39, 0.29) is 0 Å². The molecular formula is C18H36N2. The monoisotopic (exact) mass is 280 g/mol. The molecule has 1 saturated heterocycles. The van der Waals surface area contributed by atoms with Gasteiger partial charge in [0, 0.05) is 19.6 Å². The molecular weight excluding hydrogens is 244 g/mol. The van der Waals surface area contributed by atoms with Crippen molar-refractivity contribution in [3.63, 3.8) is 0 Å². The lowest BCUT2D eigenvalue weighted by Gasteiger charge is -2.42. The van der Waals surface area contributed by atoms with Gasteiger partial charge >= 0.3 is 0 Å². The lowest BCUT2D eigenvalue weighted by Crippen LogP contribution is -2.46. The molecule has 1 aliphatic carbocycles. The van der Waals surface area contributed by atoms with E-state index in [1.165, 1.54) is 71.2 Å². The predicted octanol–water partition coefficient (Wildman–Crippen LogP) is 3.91. The number of hydrogen-bond acceptors (Lipinski definition) is 2. The van der Waals surface area contributed by atoms with Crippen LogP contribution in [0, 0.1) is 16.7 Å². The van der Waals surface area contributed by atoms with Crippen LogP contribution in [0.15, 0.2) is 0 Å². The van der Waals surface area contributed by atoms with Gasteiger partial charge in [0.2, 0.25) is 0 Å². The van der Waals surface area contributed by atoms with Crippen LogP contribution in [0.4, 0.5) is 0 Å². The van der Waals surface area contributed by atoms with Crippen LogP contribution in [0.1, 0.15) is 66.2 Å². The zero-order chi connectivity index (χ0) is 14.6. The number of likely N-dealkylation sites (tertiary alicyclic amines) is 1. The molecule has 2 aliphatic rings. The second-order valence-corrected chi connectivity index (χ2v) is 8.48. The highest BCUT2D eigenvalue weighted by Gasteiger charge is 2.38. The maximum atomic E-state index is 3.73. The zero-order valence-corrected chi connectivity index (χ0v) is 14.3. The molecule has 0 atom stereocenters. The van der Waals surface area contributed by atoms with E-state index in [1.54, 1.807) is 0 Å². The summed E-state index contributed by atoms with van der Waals surface area (Å²) in [6.45, 7) is 15.9. The maximum Gasteiger partial charge on any atom is 0.00504 e. The smallest absolute Gasteiger partial charge is 0.00504 e. The predicted molar refractivity (Wildman–Crippen MR) is 88.1 cm³/mol. The van der Waals surface area contributed by atoms with Crippen molar-refractivity contribution >= 4 is 0 Å². The first-order valence-electron chi connectivity index (χ1n) is 8.88. The van der Waals surface area contributed by atoms with Crippen LogP contribution >= 0.6 is 0 Å². The molecule has 0 amide bonds. The first-order chi connectivity index (χ1) is 9.45. The lowest BCUT2D eigenvalue weighted by molar-refractivity contribution is 0.0936. The molecule has 1 N–H and O–H groups in total. The van der Waals surface area contributed by atoms with Gasteiger partial charge in [-0.3, -0.25) is 0 Å². The van der Waals surface area contributed by atoms with Crippen molar-refractivity contribution < 1.29 is 0 Å². The van der Waals surface area contributed by atoms with Crippen molar-refractivity contribution in [2.45, 2.75) is 66.2 Å². The van der Waals surface area contributed by atoms with Gasteiger partial charge in [0.15, 0.2) is 0 Å². The van der Waals surface area contributed by atoms with E-state index in [0.717, 1.165) is 5.92 Å². The third-order valence-electron chi connectivity index (χ3n) is 5.58. The van der Waals surface area contributed by atoms with Crippen molar-refractivity contribution in [3.05, 3.63) is 0 Å². The summed E-state index contributed by atoms with van der Waals surface area (Å²) in [5, 5.41) is 3.73. The van der Waals surface area contributed by atoms with Crippen LogP contribution in [-0.4, -0.2) is 37.6 Å². The average molecular weight is 280 g/mol. The van der Waals surface area contributed by atoms with Crippen molar-refractivity contribution in [1.82, 2.24) is 10.2 Å². The highest BCUT2D eigenvalue weighted by atomic mass is 15.2. The highest BCUT2D eigenvalue weighted by molar-refractivity contribution is 4.92. The summed E-state index contributed by atoms with van der Waals surface area (Å²) in [6, 6.07) is 0. The first kappa shape index (κ1) is 16.3. The summed E-state index contributed by atoms with van der Waals surface area (Å²) >= 11 is 0. The molecule has 1 saturated carbocycles. The number of rotatable bonds is 6. The Kier molecular flexibility index (Phi) is 5.53. The highest BCUT2D eigenvalue weighted by Crippen LogP contribution is 2.41. The molecule has 20 heavy (non-hydrogen) atoms. The van der Waals surface area contributed by atoms with Gasteiger partial charge in [-0.1, -0.05) is 40.5 Å². The van der Waals surface area contributed by atoms with E-state index in [1.807, 2.05) is 0 Å². The van der Waals surface area contributed by atoms with Crippen LogP contribution in [0.2, 0.25) is 0 Å². The molecule has 0 aromatic carbocycles. The van der Waals surface area contributed by atoms with Crippen molar-refractivity contribution in [3.8, 4) is 0 Å². The molecule has 2 nitrogen and oxygen atoms in total. The first-order valence-corrected chi connectivity index (χ1v) is 8.88. The number of nitrogens with one attached hydrogen (secondary N) is 1. The summed E-state index contributed by atoms with van der Waals surface area (Å²) < 4.78 is 0. The molecule has 0 radical (unpaired) electrons. The van der Waals surface area contributed by atoms with Crippen LogP contribution < -0.4 is 5.32 Å². The van der Waals surface area contributed by atoms with Crippen LogP contribution in [-0.2, 0) is 0 Å². The van der Waals surface area contributed by atoms with Gasteiger partial charge in [0.1, 0.15) is 0 Å².